The number of rotatable bonds is 11. The summed E-state index contributed by atoms with van der Waals surface area (Å²) in [6.45, 7) is 2.25. The lowest BCUT2D eigenvalue weighted by molar-refractivity contribution is -0.462. The molecule has 0 rings (SSSR count). The van der Waals surface area contributed by atoms with E-state index in [1.165, 1.54) is 0 Å². The minimum absolute atomic E-state index is 0.0114. The minimum atomic E-state index is -8.75. The highest BCUT2D eigenvalue weighted by molar-refractivity contribution is 5.90. The summed E-state index contributed by atoms with van der Waals surface area (Å²) < 4.78 is 232. The Labute approximate surface area is 205 Å². The zero-order valence-electron chi connectivity index (χ0n) is 19.0. The van der Waals surface area contributed by atoms with Gasteiger partial charge in [0, 0.05) is 12.2 Å². The van der Waals surface area contributed by atoms with Crippen LogP contribution in [-0.4, -0.2) is 70.8 Å². The van der Waals surface area contributed by atoms with Crippen LogP contribution in [0.5, 0.6) is 0 Å². The Kier molecular flexibility index (Phi) is 9.50. The number of carbonyl (C=O) groups excluding carboxylic acids is 1. The lowest BCUT2D eigenvalue weighted by atomic mass is 9.82. The molecule has 230 valence electrons. The second-order valence-electron chi connectivity index (χ2n) is 8.82. The summed E-state index contributed by atoms with van der Waals surface area (Å²) in [5.41, 5.74) is -2.05. The molecule has 0 aliphatic heterocycles. The average Bonchev–Trinajstić information content (AvgIpc) is 2.69. The summed E-state index contributed by atoms with van der Waals surface area (Å²) in [7, 11) is 0. The van der Waals surface area contributed by atoms with Gasteiger partial charge >= 0.3 is 59.6 Å². The largest absolute Gasteiger partial charge is 0.478 e. The Morgan fingerprint density at radius 1 is 0.615 bits per heavy atom. The van der Waals surface area contributed by atoms with Crippen LogP contribution in [0.25, 0.3) is 0 Å². The standard InChI is InChI=1S/C18H15F17O4/c1-10(2,3)7(39-9(38)5-4-8(36)37)6-11(19,20)12(21,22)13(23,24)14(25,26)15(27,28)16(29,30)17(31,32)18(33,34)35/h4-5,7H,6H2,1-3H3,(H,36,37)/b5-4-. The molecular weight excluding hydrogens is 603 g/mol. The van der Waals surface area contributed by atoms with Gasteiger partial charge in [0.1, 0.15) is 6.10 Å². The minimum Gasteiger partial charge on any atom is -0.478 e. The molecule has 21 heteroatoms. The maximum Gasteiger partial charge on any atom is 0.460 e. The van der Waals surface area contributed by atoms with Crippen LogP contribution in [0.1, 0.15) is 27.2 Å². The lowest BCUT2D eigenvalue weighted by Gasteiger charge is -2.43. The van der Waals surface area contributed by atoms with Gasteiger partial charge in [-0.2, -0.15) is 74.6 Å². The number of alkyl halides is 17. The Bertz CT molecular complexity index is 944. The first-order valence-electron chi connectivity index (χ1n) is 9.50. The average molecular weight is 618 g/mol. The molecule has 0 fully saturated rings. The smallest absolute Gasteiger partial charge is 0.460 e. The Morgan fingerprint density at radius 2 is 0.949 bits per heavy atom. The van der Waals surface area contributed by atoms with Crippen molar-refractivity contribution >= 4 is 11.9 Å². The number of carboxylic acids is 1. The maximum absolute atomic E-state index is 14.3. The number of esters is 1. The fraction of sp³-hybridized carbons (Fsp3) is 0.778. The quantitative estimate of drug-likeness (QED) is 0.154. The van der Waals surface area contributed by atoms with E-state index in [-0.39, 0.29) is 12.2 Å². The van der Waals surface area contributed by atoms with Gasteiger partial charge in [-0.05, 0) is 5.41 Å². The van der Waals surface area contributed by atoms with Crippen molar-refractivity contribution in [3.05, 3.63) is 12.2 Å². The zero-order valence-corrected chi connectivity index (χ0v) is 19.0. The molecule has 0 amide bonds. The third-order valence-electron chi connectivity index (χ3n) is 4.82. The van der Waals surface area contributed by atoms with Gasteiger partial charge in [-0.25, -0.2) is 9.59 Å². The fourth-order valence-electron chi connectivity index (χ4n) is 2.40. The monoisotopic (exact) mass is 618 g/mol. The highest BCUT2D eigenvalue weighted by atomic mass is 19.4. The second-order valence-corrected chi connectivity index (χ2v) is 8.82. The van der Waals surface area contributed by atoms with Crippen LogP contribution in [-0.2, 0) is 14.3 Å². The van der Waals surface area contributed by atoms with Crippen LogP contribution in [0.4, 0.5) is 74.6 Å². The van der Waals surface area contributed by atoms with E-state index in [2.05, 4.69) is 4.74 Å². The summed E-state index contributed by atoms with van der Waals surface area (Å²) in [5.74, 6) is -61.3. The number of hydrogen-bond donors (Lipinski definition) is 1. The van der Waals surface area contributed by atoms with Gasteiger partial charge in [-0.15, -0.1) is 0 Å². The van der Waals surface area contributed by atoms with Gasteiger partial charge < -0.3 is 9.84 Å². The molecule has 0 saturated carbocycles. The first-order valence-corrected chi connectivity index (χ1v) is 9.50. The van der Waals surface area contributed by atoms with Crippen molar-refractivity contribution in [2.75, 3.05) is 0 Å². The summed E-state index contributed by atoms with van der Waals surface area (Å²) in [6.07, 6.45) is -13.7. The van der Waals surface area contributed by atoms with Gasteiger partial charge in [-0.3, -0.25) is 0 Å². The predicted octanol–water partition coefficient (Wildman–Crippen LogP) is 6.98. The molecule has 39 heavy (non-hydrogen) atoms. The Balaban J connectivity index is 6.73. The van der Waals surface area contributed by atoms with Crippen molar-refractivity contribution in [2.45, 2.75) is 80.9 Å². The molecule has 0 spiro atoms. The lowest BCUT2D eigenvalue weighted by Crippen LogP contribution is -2.74. The summed E-state index contributed by atoms with van der Waals surface area (Å²) >= 11 is 0. The van der Waals surface area contributed by atoms with Crippen molar-refractivity contribution < 1.29 is 94.1 Å². The molecule has 0 bridgehead atoms. The van der Waals surface area contributed by atoms with E-state index in [4.69, 9.17) is 5.11 Å². The van der Waals surface area contributed by atoms with E-state index in [1.807, 2.05) is 0 Å². The van der Waals surface area contributed by atoms with Crippen LogP contribution < -0.4 is 0 Å². The van der Waals surface area contributed by atoms with E-state index in [1.54, 1.807) is 0 Å². The van der Waals surface area contributed by atoms with Crippen LogP contribution in [0.15, 0.2) is 12.2 Å². The van der Waals surface area contributed by atoms with Crippen molar-refractivity contribution in [1.29, 1.82) is 0 Å². The van der Waals surface area contributed by atoms with Crippen molar-refractivity contribution in [2.24, 2.45) is 5.41 Å². The van der Waals surface area contributed by atoms with E-state index in [0.717, 1.165) is 20.8 Å². The second kappa shape index (κ2) is 10.2. The van der Waals surface area contributed by atoms with Gasteiger partial charge in [0.15, 0.2) is 0 Å². The third kappa shape index (κ3) is 6.14. The molecule has 1 unspecified atom stereocenters. The molecule has 1 atom stereocenters. The van der Waals surface area contributed by atoms with Crippen LogP contribution in [0.3, 0.4) is 0 Å². The van der Waals surface area contributed by atoms with Gasteiger partial charge in [0.2, 0.25) is 0 Å². The topological polar surface area (TPSA) is 63.6 Å². The molecule has 0 aromatic heterocycles. The molecule has 0 aromatic rings. The van der Waals surface area contributed by atoms with E-state index in [0.29, 0.717) is 0 Å². The van der Waals surface area contributed by atoms with Gasteiger partial charge in [0.25, 0.3) is 0 Å². The number of halogens is 17. The predicted molar refractivity (Wildman–Crippen MR) is 91.4 cm³/mol. The van der Waals surface area contributed by atoms with Crippen LogP contribution in [0.2, 0.25) is 0 Å². The Hall–Kier alpha value is -2.51. The maximum atomic E-state index is 14.3. The van der Waals surface area contributed by atoms with E-state index in [9.17, 15) is 84.2 Å². The highest BCUT2D eigenvalue weighted by Crippen LogP contribution is 2.64. The van der Waals surface area contributed by atoms with Crippen LogP contribution >= 0.6 is 0 Å². The van der Waals surface area contributed by atoms with Gasteiger partial charge in [-0.1, -0.05) is 20.8 Å². The molecule has 0 aliphatic carbocycles. The molecule has 1 N–H and O–H groups in total. The van der Waals surface area contributed by atoms with E-state index >= 15 is 0 Å². The number of ether oxygens (including phenoxy) is 1. The molecule has 0 aromatic carbocycles. The van der Waals surface area contributed by atoms with E-state index < -0.39 is 77.5 Å². The molecule has 0 heterocycles. The first kappa shape index (κ1) is 36.5. The highest BCUT2D eigenvalue weighted by Gasteiger charge is 2.95. The molecule has 0 aliphatic rings. The molecule has 0 saturated heterocycles. The number of carboxylic acid groups (broad SMARTS) is 1. The SMILES string of the molecule is CC(C)(C)C(CC(F)(F)C(F)(F)C(F)(F)C(F)(F)C(F)(F)C(F)(F)C(F)(F)C(F)(F)F)OC(=O)/C=C\C(=O)O. The summed E-state index contributed by atoms with van der Waals surface area (Å²) in [6, 6.07) is 0. The first-order chi connectivity index (χ1) is 16.7. The number of hydrogen-bond acceptors (Lipinski definition) is 3. The van der Waals surface area contributed by atoms with Crippen molar-refractivity contribution in [3.63, 3.8) is 0 Å². The van der Waals surface area contributed by atoms with Crippen molar-refractivity contribution in [1.82, 2.24) is 0 Å². The number of aliphatic carboxylic acids is 1. The van der Waals surface area contributed by atoms with Crippen LogP contribution in [0, 0.1) is 5.41 Å². The molecular formula is C18H15F17O4. The molecule has 4 nitrogen and oxygen atoms in total. The number of carbonyl (C=O) groups is 2. The summed E-state index contributed by atoms with van der Waals surface area (Å²) in [5, 5.41) is 8.34. The van der Waals surface area contributed by atoms with Crippen molar-refractivity contribution in [3.8, 4) is 0 Å². The fourth-order valence-corrected chi connectivity index (χ4v) is 2.40. The summed E-state index contributed by atoms with van der Waals surface area (Å²) in [4.78, 5) is 21.8. The third-order valence-corrected chi connectivity index (χ3v) is 4.82. The van der Waals surface area contributed by atoms with Gasteiger partial charge in [0.05, 0.1) is 6.42 Å². The normalized spacial score (nSPS) is 16.4. The molecule has 0 radical (unpaired) electrons. The Morgan fingerprint density at radius 3 is 1.26 bits per heavy atom. The zero-order chi connectivity index (χ0) is 32.1.